The molecule has 116 valence electrons. The van der Waals surface area contributed by atoms with Gasteiger partial charge in [0.2, 0.25) is 5.91 Å². The first-order chi connectivity index (χ1) is 10.5. The molecule has 22 heavy (non-hydrogen) atoms. The molecule has 1 atom stereocenters. The summed E-state index contributed by atoms with van der Waals surface area (Å²) in [5.74, 6) is -3.28. The normalized spacial score (nSPS) is 20.0. The number of halogens is 2. The van der Waals surface area contributed by atoms with Crippen LogP contribution >= 0.6 is 0 Å². The quantitative estimate of drug-likeness (QED) is 0.906. The Bertz CT molecular complexity index is 657. The Morgan fingerprint density at radius 3 is 2.86 bits per heavy atom. The van der Waals surface area contributed by atoms with Crippen molar-refractivity contribution in [2.45, 2.75) is 24.9 Å². The fraction of sp³-hybridized carbons (Fsp3) is 0.333. The summed E-state index contributed by atoms with van der Waals surface area (Å²) in [6.45, 7) is 0.120. The Hall–Kier alpha value is -2.28. The number of hydrogen-bond acceptors (Lipinski definition) is 3. The zero-order valence-corrected chi connectivity index (χ0v) is 11.8. The third-order valence-electron chi connectivity index (χ3n) is 3.51. The molecule has 2 heterocycles. The summed E-state index contributed by atoms with van der Waals surface area (Å²) in [6, 6.07) is 8.89. The van der Waals surface area contributed by atoms with E-state index >= 15 is 0 Å². The van der Waals surface area contributed by atoms with Crippen LogP contribution < -0.4 is 10.6 Å². The Labute approximate surface area is 126 Å². The lowest BCUT2D eigenvalue weighted by atomic mass is 10.2. The van der Waals surface area contributed by atoms with Gasteiger partial charge < -0.3 is 5.32 Å². The van der Waals surface area contributed by atoms with E-state index in [0.29, 0.717) is 12.2 Å². The van der Waals surface area contributed by atoms with Gasteiger partial charge in [0.1, 0.15) is 0 Å². The smallest absolute Gasteiger partial charge is 0.262 e. The number of hydrogen-bond donors (Lipinski definition) is 2. The number of anilines is 1. The van der Waals surface area contributed by atoms with Gasteiger partial charge in [-0.25, -0.2) is 8.78 Å². The number of benzene rings is 1. The molecule has 0 radical (unpaired) electrons. The predicted molar refractivity (Wildman–Crippen MR) is 77.8 cm³/mol. The molecular weight excluding hydrogens is 290 g/mol. The van der Waals surface area contributed by atoms with E-state index in [-0.39, 0.29) is 0 Å². The van der Waals surface area contributed by atoms with Gasteiger partial charge >= 0.3 is 0 Å². The standard InChI is InChI=1S/C15H16F2N4O/c16-15(17)6-13(18-10-15)14(22)20-12-7-19-21(9-12)8-11-4-2-1-3-5-11/h1-5,7,9,13,18H,6,8,10H2,(H,20,22). The Morgan fingerprint density at radius 1 is 1.41 bits per heavy atom. The number of alkyl halides is 2. The van der Waals surface area contributed by atoms with Crippen LogP contribution in [0.1, 0.15) is 12.0 Å². The van der Waals surface area contributed by atoms with E-state index in [1.54, 1.807) is 10.9 Å². The first kappa shape index (κ1) is 14.6. The number of carbonyl (C=O) groups is 1. The summed E-state index contributed by atoms with van der Waals surface area (Å²) in [6.07, 6.45) is 2.71. The molecule has 1 aliphatic rings. The summed E-state index contributed by atoms with van der Waals surface area (Å²) in [5, 5.41) is 9.29. The average Bonchev–Trinajstić information content (AvgIpc) is 3.06. The first-order valence-corrected chi connectivity index (χ1v) is 7.00. The van der Waals surface area contributed by atoms with Gasteiger partial charge in [-0.2, -0.15) is 5.10 Å². The van der Waals surface area contributed by atoms with Crippen LogP contribution in [0.2, 0.25) is 0 Å². The third-order valence-corrected chi connectivity index (χ3v) is 3.51. The molecule has 1 unspecified atom stereocenters. The fourth-order valence-electron chi connectivity index (χ4n) is 2.42. The molecule has 2 N–H and O–H groups in total. The minimum Gasteiger partial charge on any atom is -0.322 e. The second-order valence-corrected chi connectivity index (χ2v) is 5.40. The summed E-state index contributed by atoms with van der Waals surface area (Å²) < 4.78 is 27.8. The van der Waals surface area contributed by atoms with Gasteiger partial charge in [0, 0.05) is 12.6 Å². The van der Waals surface area contributed by atoms with Crippen molar-refractivity contribution in [2.24, 2.45) is 0 Å². The molecule has 1 amide bonds. The molecule has 0 spiro atoms. The lowest BCUT2D eigenvalue weighted by molar-refractivity contribution is -0.118. The van der Waals surface area contributed by atoms with Gasteiger partial charge in [-0.05, 0) is 5.56 Å². The molecule has 1 fully saturated rings. The minimum absolute atomic E-state index is 0.460. The summed E-state index contributed by atoms with van der Waals surface area (Å²) in [4.78, 5) is 11.9. The molecule has 1 saturated heterocycles. The van der Waals surface area contributed by atoms with E-state index in [0.717, 1.165) is 5.56 Å². The highest BCUT2D eigenvalue weighted by Gasteiger charge is 2.42. The maximum absolute atomic E-state index is 13.1. The van der Waals surface area contributed by atoms with Gasteiger partial charge in [0.15, 0.2) is 0 Å². The summed E-state index contributed by atoms with van der Waals surface area (Å²) in [5.41, 5.74) is 1.58. The van der Waals surface area contributed by atoms with Crippen molar-refractivity contribution in [3.8, 4) is 0 Å². The van der Waals surface area contributed by atoms with Crippen LogP contribution in [0.15, 0.2) is 42.7 Å². The van der Waals surface area contributed by atoms with Crippen molar-refractivity contribution >= 4 is 11.6 Å². The van der Waals surface area contributed by atoms with Crippen LogP contribution in [-0.4, -0.2) is 34.2 Å². The first-order valence-electron chi connectivity index (χ1n) is 7.00. The SMILES string of the molecule is O=C(Nc1cnn(Cc2ccccc2)c1)C1CC(F)(F)CN1. The minimum atomic E-state index is -2.82. The van der Waals surface area contributed by atoms with Crippen molar-refractivity contribution < 1.29 is 13.6 Å². The van der Waals surface area contributed by atoms with Crippen LogP contribution in [0.3, 0.4) is 0 Å². The molecule has 1 aliphatic heterocycles. The van der Waals surface area contributed by atoms with Gasteiger partial charge in [0.25, 0.3) is 5.92 Å². The molecule has 3 rings (SSSR count). The van der Waals surface area contributed by atoms with E-state index in [9.17, 15) is 13.6 Å². The maximum Gasteiger partial charge on any atom is 0.262 e. The molecule has 0 bridgehead atoms. The monoisotopic (exact) mass is 306 g/mol. The highest BCUT2D eigenvalue weighted by atomic mass is 19.3. The summed E-state index contributed by atoms with van der Waals surface area (Å²) in [7, 11) is 0. The second kappa shape index (κ2) is 5.84. The number of rotatable bonds is 4. The fourth-order valence-corrected chi connectivity index (χ4v) is 2.42. The number of carbonyl (C=O) groups excluding carboxylic acids is 1. The molecular formula is C15H16F2N4O. The Balaban J connectivity index is 1.59. The number of nitrogens with one attached hydrogen (secondary N) is 2. The predicted octanol–water partition coefficient (Wildman–Crippen LogP) is 1.87. The van der Waals surface area contributed by atoms with Gasteiger partial charge in [-0.1, -0.05) is 30.3 Å². The lowest BCUT2D eigenvalue weighted by Gasteiger charge is -2.09. The van der Waals surface area contributed by atoms with Crippen LogP contribution in [0, 0.1) is 0 Å². The van der Waals surface area contributed by atoms with E-state index < -0.39 is 30.8 Å². The summed E-state index contributed by atoms with van der Waals surface area (Å²) >= 11 is 0. The van der Waals surface area contributed by atoms with Crippen molar-refractivity contribution in [1.82, 2.24) is 15.1 Å². The lowest BCUT2D eigenvalue weighted by Crippen LogP contribution is -2.35. The molecule has 5 nitrogen and oxygen atoms in total. The molecule has 2 aromatic rings. The molecule has 0 saturated carbocycles. The van der Waals surface area contributed by atoms with Crippen LogP contribution in [0.25, 0.3) is 0 Å². The zero-order valence-electron chi connectivity index (χ0n) is 11.8. The van der Waals surface area contributed by atoms with E-state index in [4.69, 9.17) is 0 Å². The second-order valence-electron chi connectivity index (χ2n) is 5.40. The highest BCUT2D eigenvalue weighted by Crippen LogP contribution is 2.25. The molecule has 0 aliphatic carbocycles. The molecule has 1 aromatic heterocycles. The van der Waals surface area contributed by atoms with Gasteiger partial charge in [0.05, 0.1) is 31.0 Å². The Kier molecular flexibility index (Phi) is 3.89. The molecule has 7 heteroatoms. The highest BCUT2D eigenvalue weighted by molar-refractivity contribution is 5.94. The molecule has 1 aromatic carbocycles. The van der Waals surface area contributed by atoms with Crippen molar-refractivity contribution in [1.29, 1.82) is 0 Å². The third kappa shape index (κ3) is 3.48. The van der Waals surface area contributed by atoms with Crippen molar-refractivity contribution in [3.05, 3.63) is 48.3 Å². The van der Waals surface area contributed by atoms with Crippen LogP contribution in [0.4, 0.5) is 14.5 Å². The number of nitrogens with zero attached hydrogens (tertiary/aromatic N) is 2. The van der Waals surface area contributed by atoms with Crippen LogP contribution in [0.5, 0.6) is 0 Å². The number of amides is 1. The Morgan fingerprint density at radius 2 is 2.18 bits per heavy atom. The van der Waals surface area contributed by atoms with E-state index in [1.807, 2.05) is 30.3 Å². The van der Waals surface area contributed by atoms with Crippen molar-refractivity contribution in [2.75, 3.05) is 11.9 Å². The van der Waals surface area contributed by atoms with Crippen molar-refractivity contribution in [3.63, 3.8) is 0 Å². The zero-order chi connectivity index (χ0) is 15.6. The topological polar surface area (TPSA) is 59.0 Å². The number of aromatic nitrogens is 2. The van der Waals surface area contributed by atoms with Crippen LogP contribution in [-0.2, 0) is 11.3 Å². The average molecular weight is 306 g/mol. The van der Waals surface area contributed by atoms with Gasteiger partial charge in [-0.3, -0.25) is 14.8 Å². The van der Waals surface area contributed by atoms with Gasteiger partial charge in [-0.15, -0.1) is 0 Å². The maximum atomic E-state index is 13.1. The van der Waals surface area contributed by atoms with E-state index in [1.165, 1.54) is 6.20 Å². The largest absolute Gasteiger partial charge is 0.322 e. The van der Waals surface area contributed by atoms with E-state index in [2.05, 4.69) is 15.7 Å².